The first-order valence-electron chi connectivity index (χ1n) is 6.57. The normalized spacial score (nSPS) is 13.9. The Balaban J connectivity index is 2.90. The second-order valence-electron chi connectivity index (χ2n) is 5.06. The van der Waals surface area contributed by atoms with Crippen LogP contribution in [0.4, 0.5) is 0 Å². The van der Waals surface area contributed by atoms with E-state index in [1.54, 1.807) is 21.0 Å². The lowest BCUT2D eigenvalue weighted by molar-refractivity contribution is 0.122. The number of H-pyrrole nitrogens is 1. The van der Waals surface area contributed by atoms with Crippen molar-refractivity contribution in [2.45, 2.75) is 51.3 Å². The molecule has 1 aromatic rings. The number of sulfonamides is 1. The summed E-state index contributed by atoms with van der Waals surface area (Å²) in [6.07, 6.45) is -0.186. The molecule has 1 atom stereocenters. The maximum Gasteiger partial charge on any atom is 0.244 e. The van der Waals surface area contributed by atoms with Crippen LogP contribution in [0, 0.1) is 6.92 Å². The van der Waals surface area contributed by atoms with Crippen LogP contribution in [0.3, 0.4) is 0 Å². The van der Waals surface area contributed by atoms with Crippen LogP contribution in [-0.2, 0) is 21.3 Å². The van der Waals surface area contributed by atoms with Gasteiger partial charge in [0.15, 0.2) is 0 Å². The highest BCUT2D eigenvalue weighted by atomic mass is 32.2. The van der Waals surface area contributed by atoms with Crippen LogP contribution in [-0.4, -0.2) is 44.4 Å². The lowest BCUT2D eigenvalue weighted by atomic mass is 10.3. The largest absolute Gasteiger partial charge is 0.380 e. The summed E-state index contributed by atoms with van der Waals surface area (Å²) in [7, 11) is -2.05. The first-order chi connectivity index (χ1) is 9.27. The molecule has 7 nitrogen and oxygen atoms in total. The summed E-state index contributed by atoms with van der Waals surface area (Å²) in [6.45, 7) is 8.10. The van der Waals surface area contributed by atoms with Crippen LogP contribution in [0.25, 0.3) is 0 Å². The number of ether oxygens (including phenoxy) is 1. The molecule has 0 bridgehead atoms. The molecule has 1 rings (SSSR count). The third kappa shape index (κ3) is 4.55. The SMILES string of the molecule is COC(C)CNS(=O)(=O)c1c(CNC(C)C)n[nH]c1C. The standard InChI is InChI=1S/C12H24N4O3S/c1-8(2)13-7-11-12(10(4)15-16-11)20(17,18)14-6-9(3)19-5/h8-9,13-14H,6-7H2,1-5H3,(H,15,16). The quantitative estimate of drug-likeness (QED) is 0.651. The zero-order chi connectivity index (χ0) is 15.3. The van der Waals surface area contributed by atoms with Gasteiger partial charge in [-0.1, -0.05) is 13.8 Å². The monoisotopic (exact) mass is 304 g/mol. The highest BCUT2D eigenvalue weighted by Crippen LogP contribution is 2.17. The molecular formula is C12H24N4O3S. The van der Waals surface area contributed by atoms with E-state index in [1.807, 2.05) is 13.8 Å². The molecule has 0 amide bonds. The molecule has 1 aromatic heterocycles. The van der Waals surface area contributed by atoms with Gasteiger partial charge in [0.1, 0.15) is 4.90 Å². The highest BCUT2D eigenvalue weighted by Gasteiger charge is 2.24. The number of nitrogens with one attached hydrogen (secondary N) is 3. The molecule has 0 saturated carbocycles. The molecule has 0 aliphatic rings. The van der Waals surface area contributed by atoms with Gasteiger partial charge in [-0.15, -0.1) is 0 Å². The summed E-state index contributed by atoms with van der Waals surface area (Å²) in [5.74, 6) is 0. The summed E-state index contributed by atoms with van der Waals surface area (Å²) < 4.78 is 32.3. The van der Waals surface area contributed by atoms with Crippen LogP contribution in [0.5, 0.6) is 0 Å². The summed E-state index contributed by atoms with van der Waals surface area (Å²) >= 11 is 0. The van der Waals surface area contributed by atoms with Gasteiger partial charge in [-0.3, -0.25) is 5.10 Å². The van der Waals surface area contributed by atoms with Crippen molar-refractivity contribution in [1.29, 1.82) is 0 Å². The molecule has 0 aliphatic carbocycles. The topological polar surface area (TPSA) is 96.1 Å². The third-order valence-electron chi connectivity index (χ3n) is 2.87. The van der Waals surface area contributed by atoms with Crippen LogP contribution in [0.1, 0.15) is 32.2 Å². The van der Waals surface area contributed by atoms with E-state index in [0.717, 1.165) is 0 Å². The van der Waals surface area contributed by atoms with Gasteiger partial charge in [-0.05, 0) is 13.8 Å². The predicted molar refractivity (Wildman–Crippen MR) is 77.0 cm³/mol. The molecule has 0 radical (unpaired) electrons. The first kappa shape index (κ1) is 17.1. The molecule has 0 saturated heterocycles. The molecule has 1 heterocycles. The molecule has 0 fully saturated rings. The fraction of sp³-hybridized carbons (Fsp3) is 0.750. The fourth-order valence-corrected chi connectivity index (χ4v) is 3.10. The van der Waals surface area contributed by atoms with Crippen LogP contribution < -0.4 is 10.0 Å². The van der Waals surface area contributed by atoms with E-state index in [9.17, 15) is 8.42 Å². The van der Waals surface area contributed by atoms with Gasteiger partial charge < -0.3 is 10.1 Å². The summed E-state index contributed by atoms with van der Waals surface area (Å²) in [6, 6.07) is 0.254. The smallest absolute Gasteiger partial charge is 0.244 e. The molecule has 0 spiro atoms. The minimum atomic E-state index is -3.60. The van der Waals surface area contributed by atoms with Crippen molar-refractivity contribution in [3.8, 4) is 0 Å². The molecule has 20 heavy (non-hydrogen) atoms. The van der Waals surface area contributed by atoms with E-state index in [-0.39, 0.29) is 23.6 Å². The van der Waals surface area contributed by atoms with Crippen molar-refractivity contribution in [1.82, 2.24) is 20.2 Å². The second-order valence-corrected chi connectivity index (χ2v) is 6.76. The number of hydrogen-bond donors (Lipinski definition) is 3. The summed E-state index contributed by atoms with van der Waals surface area (Å²) in [5.41, 5.74) is 1.02. The van der Waals surface area contributed by atoms with Gasteiger partial charge in [0.25, 0.3) is 0 Å². The van der Waals surface area contributed by atoms with Crippen molar-refractivity contribution in [2.75, 3.05) is 13.7 Å². The minimum absolute atomic E-state index is 0.186. The summed E-state index contributed by atoms with van der Waals surface area (Å²) in [4.78, 5) is 0.217. The molecule has 1 unspecified atom stereocenters. The number of nitrogens with zero attached hydrogens (tertiary/aromatic N) is 1. The summed E-state index contributed by atoms with van der Waals surface area (Å²) in [5, 5.41) is 9.96. The van der Waals surface area contributed by atoms with Crippen LogP contribution >= 0.6 is 0 Å². The Hall–Kier alpha value is -0.960. The Bertz CT molecular complexity index is 525. The number of aromatic nitrogens is 2. The number of aryl methyl sites for hydroxylation is 1. The first-order valence-corrected chi connectivity index (χ1v) is 8.06. The lowest BCUT2D eigenvalue weighted by Crippen LogP contribution is -2.33. The molecule has 3 N–H and O–H groups in total. The van der Waals surface area contributed by atoms with Crippen molar-refractivity contribution < 1.29 is 13.2 Å². The maximum absolute atomic E-state index is 12.3. The Morgan fingerprint density at radius 3 is 2.55 bits per heavy atom. The van der Waals surface area contributed by atoms with E-state index < -0.39 is 10.0 Å². The van der Waals surface area contributed by atoms with Gasteiger partial charge in [0.2, 0.25) is 10.0 Å². The van der Waals surface area contributed by atoms with Gasteiger partial charge in [-0.2, -0.15) is 5.10 Å². The fourth-order valence-electron chi connectivity index (χ4n) is 1.63. The minimum Gasteiger partial charge on any atom is -0.380 e. The van der Waals surface area contributed by atoms with Gasteiger partial charge in [0, 0.05) is 26.2 Å². The van der Waals surface area contributed by atoms with Gasteiger partial charge in [-0.25, -0.2) is 13.1 Å². The van der Waals surface area contributed by atoms with Crippen molar-refractivity contribution in [3.63, 3.8) is 0 Å². The van der Waals surface area contributed by atoms with Crippen molar-refractivity contribution >= 4 is 10.0 Å². The number of hydrogen-bond acceptors (Lipinski definition) is 5. The highest BCUT2D eigenvalue weighted by molar-refractivity contribution is 7.89. The average Bonchev–Trinajstić information content (AvgIpc) is 2.75. The van der Waals surface area contributed by atoms with Gasteiger partial charge in [0.05, 0.1) is 17.5 Å². The molecule has 0 aliphatic heterocycles. The van der Waals surface area contributed by atoms with Crippen molar-refractivity contribution in [2.24, 2.45) is 0 Å². The number of rotatable bonds is 8. The maximum atomic E-state index is 12.3. The van der Waals surface area contributed by atoms with Gasteiger partial charge >= 0.3 is 0 Å². The van der Waals surface area contributed by atoms with E-state index in [1.165, 1.54) is 0 Å². The Morgan fingerprint density at radius 2 is 2.00 bits per heavy atom. The zero-order valence-electron chi connectivity index (χ0n) is 12.6. The zero-order valence-corrected chi connectivity index (χ0v) is 13.5. The second kappa shape index (κ2) is 7.16. The lowest BCUT2D eigenvalue weighted by Gasteiger charge is -2.12. The third-order valence-corrected chi connectivity index (χ3v) is 4.50. The van der Waals surface area contributed by atoms with E-state index in [2.05, 4.69) is 20.2 Å². The average molecular weight is 304 g/mol. The molecule has 8 heteroatoms. The van der Waals surface area contributed by atoms with E-state index in [0.29, 0.717) is 17.9 Å². The Morgan fingerprint density at radius 1 is 1.35 bits per heavy atom. The van der Waals surface area contributed by atoms with E-state index in [4.69, 9.17) is 4.74 Å². The predicted octanol–water partition coefficient (Wildman–Crippen LogP) is 0.529. The Kier molecular flexibility index (Phi) is 6.12. The number of methoxy groups -OCH3 is 1. The Labute approximate surface area is 120 Å². The number of aromatic amines is 1. The molecule has 116 valence electrons. The van der Waals surface area contributed by atoms with Crippen LogP contribution in [0.15, 0.2) is 4.90 Å². The van der Waals surface area contributed by atoms with Crippen LogP contribution in [0.2, 0.25) is 0 Å². The van der Waals surface area contributed by atoms with Crippen molar-refractivity contribution in [3.05, 3.63) is 11.4 Å². The molecule has 0 aromatic carbocycles. The van der Waals surface area contributed by atoms with E-state index >= 15 is 0 Å². The molecular weight excluding hydrogens is 280 g/mol.